The smallest absolute Gasteiger partial charge is 0.241 e. The van der Waals surface area contributed by atoms with Crippen LogP contribution in [0.25, 0.3) is 0 Å². The number of nitrogens with zero attached hydrogens (tertiary/aromatic N) is 3. The number of nitriles is 1. The first kappa shape index (κ1) is 23.8. The Morgan fingerprint density at radius 3 is 2.40 bits per heavy atom. The average Bonchev–Trinajstić information content (AvgIpc) is 2.69. The van der Waals surface area contributed by atoms with Crippen molar-refractivity contribution >= 4 is 33.2 Å². The molecule has 0 aliphatic heterocycles. The number of hydrogen-bond acceptors (Lipinski definition) is 5. The topological polar surface area (TPSA) is 108 Å². The van der Waals surface area contributed by atoms with Crippen molar-refractivity contribution in [2.45, 2.75) is 31.2 Å². The highest BCUT2D eigenvalue weighted by Crippen LogP contribution is 2.24. The van der Waals surface area contributed by atoms with Crippen LogP contribution in [0.2, 0.25) is 5.02 Å². The number of carbonyl (C=O) groups excluding carboxylic acids is 1. The van der Waals surface area contributed by atoms with Gasteiger partial charge < -0.3 is 4.90 Å². The molecule has 2 N–H and O–H groups in total. The fourth-order valence-electron chi connectivity index (χ4n) is 2.98. The molecule has 1 atom stereocenters. The number of sulfonamides is 1. The third kappa shape index (κ3) is 6.03. The van der Waals surface area contributed by atoms with Crippen LogP contribution >= 0.6 is 11.6 Å². The van der Waals surface area contributed by atoms with Gasteiger partial charge in [0.2, 0.25) is 15.9 Å². The monoisotopic (exact) mass is 448 g/mol. The first-order chi connectivity index (χ1) is 14.0. The summed E-state index contributed by atoms with van der Waals surface area (Å²) < 4.78 is 22.8. The van der Waals surface area contributed by atoms with Crippen LogP contribution in [0.3, 0.4) is 0 Å². The molecule has 0 heterocycles. The van der Waals surface area contributed by atoms with Crippen molar-refractivity contribution in [2.24, 2.45) is 5.14 Å². The minimum absolute atomic E-state index is 0.0398. The van der Waals surface area contributed by atoms with Crippen LogP contribution in [0.5, 0.6) is 0 Å². The Hall–Kier alpha value is -2.44. The van der Waals surface area contributed by atoms with Crippen molar-refractivity contribution in [1.82, 2.24) is 4.90 Å². The van der Waals surface area contributed by atoms with Gasteiger partial charge in [0.1, 0.15) is 0 Å². The van der Waals surface area contributed by atoms with E-state index < -0.39 is 10.0 Å². The van der Waals surface area contributed by atoms with E-state index in [1.807, 2.05) is 31.9 Å². The van der Waals surface area contributed by atoms with E-state index in [-0.39, 0.29) is 36.4 Å². The molecule has 0 fully saturated rings. The van der Waals surface area contributed by atoms with Gasteiger partial charge >= 0.3 is 0 Å². The van der Waals surface area contributed by atoms with E-state index in [0.29, 0.717) is 10.7 Å². The molecule has 9 heteroatoms. The molecule has 0 saturated heterocycles. The number of amides is 1. The molecule has 1 amide bonds. The molecular weight excluding hydrogens is 424 g/mol. The molecule has 0 radical (unpaired) electrons. The number of benzene rings is 2. The van der Waals surface area contributed by atoms with E-state index in [2.05, 4.69) is 6.07 Å². The van der Waals surface area contributed by atoms with E-state index in [9.17, 15) is 13.2 Å². The molecule has 30 heavy (non-hydrogen) atoms. The molecular formula is C21H25ClN4O3S. The summed E-state index contributed by atoms with van der Waals surface area (Å²) in [5.41, 5.74) is 2.39. The molecule has 0 aliphatic carbocycles. The van der Waals surface area contributed by atoms with Crippen molar-refractivity contribution in [2.75, 3.05) is 25.0 Å². The molecule has 0 saturated carbocycles. The van der Waals surface area contributed by atoms with Gasteiger partial charge in [-0.05, 0) is 62.4 Å². The summed E-state index contributed by atoms with van der Waals surface area (Å²) >= 11 is 6.09. The maximum absolute atomic E-state index is 13.0. The second-order valence-corrected chi connectivity index (χ2v) is 9.06. The molecule has 0 aromatic heterocycles. The van der Waals surface area contributed by atoms with Crippen molar-refractivity contribution < 1.29 is 13.2 Å². The van der Waals surface area contributed by atoms with Gasteiger partial charge in [0, 0.05) is 23.3 Å². The van der Waals surface area contributed by atoms with Crippen LogP contribution in [-0.2, 0) is 14.8 Å². The number of nitrogens with two attached hydrogens (primary N) is 1. The zero-order valence-corrected chi connectivity index (χ0v) is 18.7. The molecule has 160 valence electrons. The van der Waals surface area contributed by atoms with Gasteiger partial charge in [-0.1, -0.05) is 23.7 Å². The molecule has 0 aliphatic rings. The van der Waals surface area contributed by atoms with Crippen molar-refractivity contribution in [3.63, 3.8) is 0 Å². The van der Waals surface area contributed by atoms with Crippen molar-refractivity contribution in [3.8, 4) is 6.07 Å². The SMILES string of the molecule is Cc1cc(N(CCC#N)C(=O)CN(C)C(C)c2ccc(S(N)(=O)=O)cc2)ccc1Cl. The lowest BCUT2D eigenvalue weighted by Gasteiger charge is -2.29. The summed E-state index contributed by atoms with van der Waals surface area (Å²) in [5.74, 6) is -0.150. The van der Waals surface area contributed by atoms with Gasteiger partial charge in [-0.15, -0.1) is 0 Å². The number of primary sulfonamides is 1. The lowest BCUT2D eigenvalue weighted by Crippen LogP contribution is -2.40. The maximum atomic E-state index is 13.0. The minimum atomic E-state index is -3.75. The van der Waals surface area contributed by atoms with Gasteiger partial charge in [-0.3, -0.25) is 9.69 Å². The van der Waals surface area contributed by atoms with Gasteiger partial charge in [0.15, 0.2) is 0 Å². The Labute approximate surface area is 182 Å². The Morgan fingerprint density at radius 1 is 1.23 bits per heavy atom. The largest absolute Gasteiger partial charge is 0.310 e. The quantitative estimate of drug-likeness (QED) is 0.666. The molecule has 2 aromatic carbocycles. The molecule has 7 nitrogen and oxygen atoms in total. The number of halogens is 1. The number of rotatable bonds is 8. The number of anilines is 1. The Morgan fingerprint density at radius 2 is 1.87 bits per heavy atom. The minimum Gasteiger partial charge on any atom is -0.310 e. The maximum Gasteiger partial charge on any atom is 0.241 e. The average molecular weight is 449 g/mol. The van der Waals surface area contributed by atoms with Gasteiger partial charge in [0.25, 0.3) is 0 Å². The van der Waals surface area contributed by atoms with Gasteiger partial charge in [0.05, 0.1) is 23.9 Å². The molecule has 2 rings (SSSR count). The predicted molar refractivity (Wildman–Crippen MR) is 118 cm³/mol. The Kier molecular flexibility index (Phi) is 7.98. The zero-order valence-electron chi connectivity index (χ0n) is 17.2. The third-order valence-electron chi connectivity index (χ3n) is 4.94. The fourth-order valence-corrected chi connectivity index (χ4v) is 3.62. The number of hydrogen-bond donors (Lipinski definition) is 1. The summed E-state index contributed by atoms with van der Waals surface area (Å²) in [6, 6.07) is 13.5. The van der Waals surface area contributed by atoms with E-state index >= 15 is 0 Å². The van der Waals surface area contributed by atoms with E-state index in [4.69, 9.17) is 22.0 Å². The predicted octanol–water partition coefficient (Wildman–Crippen LogP) is 3.24. The number of aryl methyl sites for hydroxylation is 1. The summed E-state index contributed by atoms with van der Waals surface area (Å²) in [6.45, 7) is 4.18. The van der Waals surface area contributed by atoms with E-state index in [1.165, 1.54) is 12.1 Å². The summed E-state index contributed by atoms with van der Waals surface area (Å²) in [5, 5.41) is 14.7. The molecule has 0 spiro atoms. The highest BCUT2D eigenvalue weighted by molar-refractivity contribution is 7.89. The van der Waals surface area contributed by atoms with Crippen LogP contribution in [0, 0.1) is 18.3 Å². The third-order valence-corrected chi connectivity index (χ3v) is 6.29. The van der Waals surface area contributed by atoms with Gasteiger partial charge in [-0.2, -0.15) is 5.26 Å². The summed E-state index contributed by atoms with van der Waals surface area (Å²) in [4.78, 5) is 16.5. The fraction of sp³-hybridized carbons (Fsp3) is 0.333. The van der Waals surface area contributed by atoms with Crippen LogP contribution in [0.1, 0.15) is 30.5 Å². The second-order valence-electron chi connectivity index (χ2n) is 7.09. The standard InChI is InChI=1S/C21H25ClN4O3S/c1-15-13-18(7-10-20(15)22)26(12-4-11-23)21(27)14-25(3)16(2)17-5-8-19(9-6-17)30(24,28)29/h5-10,13,16H,4,12,14H2,1-3H3,(H2,24,28,29). The zero-order chi connectivity index (χ0) is 22.5. The molecule has 1 unspecified atom stereocenters. The molecule has 2 aromatic rings. The first-order valence-corrected chi connectivity index (χ1v) is 11.2. The summed E-state index contributed by atoms with van der Waals surface area (Å²) in [6.07, 6.45) is 0.210. The highest BCUT2D eigenvalue weighted by atomic mass is 35.5. The van der Waals surface area contributed by atoms with Gasteiger partial charge in [-0.25, -0.2) is 13.6 Å². The number of carbonyl (C=O) groups is 1. The van der Waals surface area contributed by atoms with Crippen LogP contribution in [0.4, 0.5) is 5.69 Å². The highest BCUT2D eigenvalue weighted by Gasteiger charge is 2.21. The lowest BCUT2D eigenvalue weighted by atomic mass is 10.1. The van der Waals surface area contributed by atoms with Crippen LogP contribution in [-0.4, -0.2) is 39.4 Å². The van der Waals surface area contributed by atoms with Crippen LogP contribution in [0.15, 0.2) is 47.4 Å². The normalized spacial score (nSPS) is 12.4. The Bertz CT molecular complexity index is 1050. The second kappa shape index (κ2) is 10.0. The van der Waals surface area contributed by atoms with Crippen molar-refractivity contribution in [3.05, 3.63) is 58.6 Å². The summed E-state index contributed by atoms with van der Waals surface area (Å²) in [7, 11) is -1.94. The van der Waals surface area contributed by atoms with E-state index in [0.717, 1.165) is 11.1 Å². The van der Waals surface area contributed by atoms with Crippen molar-refractivity contribution in [1.29, 1.82) is 5.26 Å². The van der Waals surface area contributed by atoms with Crippen LogP contribution < -0.4 is 10.0 Å². The van der Waals surface area contributed by atoms with E-state index in [1.54, 1.807) is 29.2 Å². The number of likely N-dealkylation sites (N-methyl/N-ethyl adjacent to an activating group) is 1. The Balaban J connectivity index is 2.17. The lowest BCUT2D eigenvalue weighted by molar-refractivity contribution is -0.119. The molecule has 0 bridgehead atoms. The first-order valence-electron chi connectivity index (χ1n) is 9.31.